The highest BCUT2D eigenvalue weighted by Gasteiger charge is 2.21. The Morgan fingerprint density at radius 3 is 0.976 bits per heavy atom. The summed E-state index contributed by atoms with van der Waals surface area (Å²) in [4.78, 5) is 0. The van der Waals surface area contributed by atoms with Crippen LogP contribution in [-0.2, 0) is 38.5 Å². The van der Waals surface area contributed by atoms with Crippen LogP contribution in [-0.4, -0.2) is 28.4 Å². The van der Waals surface area contributed by atoms with Gasteiger partial charge in [0.2, 0.25) is 0 Å². The van der Waals surface area contributed by atoms with Gasteiger partial charge < -0.3 is 18.9 Å². The van der Waals surface area contributed by atoms with Crippen molar-refractivity contribution in [2.75, 3.05) is 28.4 Å². The first kappa shape index (κ1) is 29.1. The SMILES string of the molecule is C=CCc1cc2c(OC)c(c1)Cc1cccc(c1OC)Cc1cc(CC=C)cc(c1OC)Cc1cccc(c1OC)C2. The molecule has 4 aromatic rings. The van der Waals surface area contributed by atoms with Gasteiger partial charge in [0.15, 0.2) is 0 Å². The molecule has 0 saturated heterocycles. The minimum Gasteiger partial charge on any atom is -0.496 e. The van der Waals surface area contributed by atoms with Crippen molar-refractivity contribution in [3.63, 3.8) is 0 Å². The van der Waals surface area contributed by atoms with E-state index in [4.69, 9.17) is 18.9 Å². The first-order valence-corrected chi connectivity index (χ1v) is 14.4. The van der Waals surface area contributed by atoms with Crippen molar-refractivity contribution < 1.29 is 18.9 Å². The lowest BCUT2D eigenvalue weighted by atomic mass is 9.89. The summed E-state index contributed by atoms with van der Waals surface area (Å²) < 4.78 is 24.4. The number of fused-ring (bicyclic) bond motifs is 8. The van der Waals surface area contributed by atoms with Crippen LogP contribution in [0.25, 0.3) is 0 Å². The third-order valence-corrected chi connectivity index (χ3v) is 8.06. The maximum atomic E-state index is 6.11. The van der Waals surface area contributed by atoms with Crippen molar-refractivity contribution in [1.29, 1.82) is 0 Å². The summed E-state index contributed by atoms with van der Waals surface area (Å²) in [6.07, 6.45) is 8.15. The molecule has 5 rings (SSSR count). The van der Waals surface area contributed by atoms with Gasteiger partial charge in [-0.3, -0.25) is 0 Å². The summed E-state index contributed by atoms with van der Waals surface area (Å²) >= 11 is 0. The molecule has 0 aromatic heterocycles. The van der Waals surface area contributed by atoms with Crippen LogP contribution in [0.3, 0.4) is 0 Å². The van der Waals surface area contributed by atoms with Gasteiger partial charge in [-0.05, 0) is 68.5 Å². The van der Waals surface area contributed by atoms with E-state index in [0.717, 1.165) is 80.3 Å². The minimum atomic E-state index is 0.675. The van der Waals surface area contributed by atoms with Crippen LogP contribution < -0.4 is 18.9 Å². The summed E-state index contributed by atoms with van der Waals surface area (Å²) in [6, 6.07) is 21.8. The Balaban J connectivity index is 1.81. The average Bonchev–Trinajstić information content (AvgIpc) is 2.97. The Labute approximate surface area is 250 Å². The molecular formula is C38H40O4. The van der Waals surface area contributed by atoms with Crippen molar-refractivity contribution in [2.24, 2.45) is 0 Å². The maximum absolute atomic E-state index is 6.11. The smallest absolute Gasteiger partial charge is 0.125 e. The van der Waals surface area contributed by atoms with E-state index in [1.54, 1.807) is 28.4 Å². The van der Waals surface area contributed by atoms with Crippen molar-refractivity contribution in [3.8, 4) is 23.0 Å². The van der Waals surface area contributed by atoms with Gasteiger partial charge in [0.1, 0.15) is 23.0 Å². The molecule has 0 N–H and O–H groups in total. The molecule has 4 nitrogen and oxygen atoms in total. The van der Waals surface area contributed by atoms with E-state index < -0.39 is 0 Å². The van der Waals surface area contributed by atoms with Crippen LogP contribution in [0.2, 0.25) is 0 Å². The number of benzene rings is 4. The zero-order chi connectivity index (χ0) is 29.6. The second-order valence-electron chi connectivity index (χ2n) is 10.8. The van der Waals surface area contributed by atoms with Gasteiger partial charge in [-0.2, -0.15) is 0 Å². The van der Waals surface area contributed by atoms with Crippen LogP contribution in [0.4, 0.5) is 0 Å². The summed E-state index contributed by atoms with van der Waals surface area (Å²) in [5.74, 6) is 3.59. The number of ether oxygens (including phenoxy) is 4. The Morgan fingerprint density at radius 2 is 0.738 bits per heavy atom. The van der Waals surface area contributed by atoms with Crippen molar-refractivity contribution in [3.05, 3.63) is 142 Å². The van der Waals surface area contributed by atoms with Crippen LogP contribution in [0.15, 0.2) is 86.0 Å². The predicted octanol–water partition coefficient (Wildman–Crippen LogP) is 7.85. The first-order valence-electron chi connectivity index (χ1n) is 14.4. The zero-order valence-electron chi connectivity index (χ0n) is 25.2. The third-order valence-electron chi connectivity index (χ3n) is 8.06. The molecule has 0 unspecified atom stereocenters. The Hall–Kier alpha value is -4.44. The molecule has 8 bridgehead atoms. The van der Waals surface area contributed by atoms with Gasteiger partial charge in [0, 0.05) is 25.7 Å². The molecule has 0 amide bonds. The highest BCUT2D eigenvalue weighted by molar-refractivity contribution is 5.57. The highest BCUT2D eigenvalue weighted by atomic mass is 16.5. The summed E-state index contributed by atoms with van der Waals surface area (Å²) in [5, 5.41) is 0. The molecule has 216 valence electrons. The number of rotatable bonds is 8. The molecule has 4 heteroatoms. The Morgan fingerprint density at radius 1 is 0.476 bits per heavy atom. The summed E-state index contributed by atoms with van der Waals surface area (Å²) in [5.41, 5.74) is 11.4. The molecule has 0 radical (unpaired) electrons. The van der Waals surface area contributed by atoms with Gasteiger partial charge >= 0.3 is 0 Å². The maximum Gasteiger partial charge on any atom is 0.125 e. The largest absolute Gasteiger partial charge is 0.496 e. The van der Waals surface area contributed by atoms with E-state index in [0.29, 0.717) is 25.7 Å². The zero-order valence-corrected chi connectivity index (χ0v) is 25.2. The number of allylic oxidation sites excluding steroid dienone is 2. The number of methoxy groups -OCH3 is 4. The highest BCUT2D eigenvalue weighted by Crippen LogP contribution is 2.39. The molecule has 1 aliphatic carbocycles. The Kier molecular flexibility index (Phi) is 9.02. The lowest BCUT2D eigenvalue weighted by Crippen LogP contribution is -2.07. The van der Waals surface area contributed by atoms with Gasteiger partial charge in [0.25, 0.3) is 0 Å². The quantitative estimate of drug-likeness (QED) is 0.181. The molecule has 0 spiro atoms. The van der Waals surface area contributed by atoms with E-state index in [2.05, 4.69) is 73.8 Å². The fourth-order valence-electron chi connectivity index (χ4n) is 6.45. The van der Waals surface area contributed by atoms with Crippen molar-refractivity contribution >= 4 is 0 Å². The molecule has 0 fully saturated rings. The Bertz CT molecular complexity index is 1400. The fraction of sp³-hybridized carbons (Fsp3) is 0.263. The van der Waals surface area contributed by atoms with Gasteiger partial charge in [-0.25, -0.2) is 0 Å². The van der Waals surface area contributed by atoms with Gasteiger partial charge in [-0.1, -0.05) is 72.8 Å². The molecule has 0 atom stereocenters. The van der Waals surface area contributed by atoms with E-state index in [-0.39, 0.29) is 0 Å². The second-order valence-corrected chi connectivity index (χ2v) is 10.8. The second kappa shape index (κ2) is 13.0. The molecule has 0 aliphatic heterocycles. The van der Waals surface area contributed by atoms with Crippen LogP contribution >= 0.6 is 0 Å². The first-order chi connectivity index (χ1) is 20.5. The van der Waals surface area contributed by atoms with E-state index in [1.165, 1.54) is 11.1 Å². The van der Waals surface area contributed by atoms with Crippen LogP contribution in [0, 0.1) is 0 Å². The number of hydrogen-bond acceptors (Lipinski definition) is 4. The van der Waals surface area contributed by atoms with Gasteiger partial charge in [-0.15, -0.1) is 13.2 Å². The number of hydrogen-bond donors (Lipinski definition) is 0. The molecule has 4 aromatic carbocycles. The predicted molar refractivity (Wildman–Crippen MR) is 171 cm³/mol. The summed E-state index contributed by atoms with van der Waals surface area (Å²) in [7, 11) is 7.03. The number of para-hydroxylation sites is 2. The fourth-order valence-corrected chi connectivity index (χ4v) is 6.45. The molecule has 1 aliphatic rings. The van der Waals surface area contributed by atoms with Crippen molar-refractivity contribution in [1.82, 2.24) is 0 Å². The normalized spacial score (nSPS) is 12.3. The minimum absolute atomic E-state index is 0.675. The van der Waals surface area contributed by atoms with Crippen LogP contribution in [0.1, 0.15) is 55.6 Å². The van der Waals surface area contributed by atoms with E-state index in [1.807, 2.05) is 12.2 Å². The van der Waals surface area contributed by atoms with Crippen LogP contribution in [0.5, 0.6) is 23.0 Å². The molecular weight excluding hydrogens is 520 g/mol. The molecule has 0 saturated carbocycles. The lowest BCUT2D eigenvalue weighted by molar-refractivity contribution is 0.395. The molecule has 0 heterocycles. The average molecular weight is 561 g/mol. The van der Waals surface area contributed by atoms with E-state index >= 15 is 0 Å². The standard InChI is InChI=1S/C38H40O4/c1-7-11-25-17-31-21-27-13-9-15-29(35(27)39-3)23-33-19-26(12-8-2)20-34(38(33)42-6)24-30-16-10-14-28(36(30)40-4)22-32(18-25)37(31)41-5/h7-10,13-20H,1-2,11-12,21-24H2,3-6H3. The molecule has 42 heavy (non-hydrogen) atoms. The third kappa shape index (κ3) is 5.80. The van der Waals surface area contributed by atoms with Gasteiger partial charge in [0.05, 0.1) is 28.4 Å². The van der Waals surface area contributed by atoms with E-state index in [9.17, 15) is 0 Å². The van der Waals surface area contributed by atoms with Crippen molar-refractivity contribution in [2.45, 2.75) is 38.5 Å². The topological polar surface area (TPSA) is 36.9 Å². The monoisotopic (exact) mass is 560 g/mol. The lowest BCUT2D eigenvalue weighted by Gasteiger charge is -2.22. The summed E-state index contributed by atoms with van der Waals surface area (Å²) in [6.45, 7) is 8.00.